The second kappa shape index (κ2) is 8.94. The van der Waals surface area contributed by atoms with Crippen LogP contribution in [0.15, 0.2) is 41.3 Å². The Labute approximate surface area is 176 Å². The van der Waals surface area contributed by atoms with Gasteiger partial charge in [0.2, 0.25) is 15.9 Å². The molecule has 2 aromatic rings. The Hall–Kier alpha value is -3.12. The van der Waals surface area contributed by atoms with Crippen LogP contribution in [0.5, 0.6) is 0 Å². The van der Waals surface area contributed by atoms with E-state index in [0.717, 1.165) is 13.1 Å². The SMILES string of the molecule is COC(=O)c1ccc(NC(=O)CN(C)S(=O)(=O)c2c(C)cccc2C(F)(F)F)c(N)c1. The van der Waals surface area contributed by atoms with Gasteiger partial charge in [-0.15, -0.1) is 0 Å². The van der Waals surface area contributed by atoms with Gasteiger partial charge in [-0.2, -0.15) is 17.5 Å². The highest BCUT2D eigenvalue weighted by Crippen LogP contribution is 2.36. The Morgan fingerprint density at radius 3 is 2.39 bits per heavy atom. The van der Waals surface area contributed by atoms with Crippen molar-refractivity contribution < 1.29 is 35.9 Å². The number of nitrogens with two attached hydrogens (primary N) is 1. The zero-order valence-electron chi connectivity index (χ0n) is 16.8. The van der Waals surface area contributed by atoms with E-state index >= 15 is 0 Å². The number of alkyl halides is 3. The van der Waals surface area contributed by atoms with E-state index in [-0.39, 0.29) is 22.5 Å². The second-order valence-electron chi connectivity index (χ2n) is 6.55. The van der Waals surface area contributed by atoms with Gasteiger partial charge in [0, 0.05) is 7.05 Å². The van der Waals surface area contributed by atoms with Crippen LogP contribution in [-0.2, 0) is 25.7 Å². The summed E-state index contributed by atoms with van der Waals surface area (Å²) in [6.07, 6.45) is -4.90. The van der Waals surface area contributed by atoms with Crippen LogP contribution in [0.25, 0.3) is 0 Å². The molecule has 0 heterocycles. The summed E-state index contributed by atoms with van der Waals surface area (Å²) in [5.41, 5.74) is 4.60. The number of benzene rings is 2. The highest BCUT2D eigenvalue weighted by molar-refractivity contribution is 7.89. The van der Waals surface area contributed by atoms with Gasteiger partial charge in [0.15, 0.2) is 0 Å². The topological polar surface area (TPSA) is 119 Å². The molecule has 0 aliphatic carbocycles. The fraction of sp³-hybridized carbons (Fsp3) is 0.263. The highest BCUT2D eigenvalue weighted by atomic mass is 32.2. The maximum absolute atomic E-state index is 13.3. The van der Waals surface area contributed by atoms with Gasteiger partial charge in [0.1, 0.15) is 0 Å². The number of likely N-dealkylation sites (N-methyl/N-ethyl adjacent to an activating group) is 1. The lowest BCUT2D eigenvalue weighted by Gasteiger charge is -2.21. The lowest BCUT2D eigenvalue weighted by Crippen LogP contribution is -2.36. The van der Waals surface area contributed by atoms with Crippen molar-refractivity contribution in [3.63, 3.8) is 0 Å². The van der Waals surface area contributed by atoms with Gasteiger partial charge in [-0.3, -0.25) is 4.79 Å². The third kappa shape index (κ3) is 5.33. The van der Waals surface area contributed by atoms with E-state index in [0.29, 0.717) is 10.4 Å². The van der Waals surface area contributed by atoms with Gasteiger partial charge in [0.05, 0.1) is 41.1 Å². The lowest BCUT2D eigenvalue weighted by molar-refractivity contribution is -0.140. The molecule has 0 aromatic heterocycles. The largest absolute Gasteiger partial charge is 0.465 e. The number of sulfonamides is 1. The molecule has 168 valence electrons. The van der Waals surface area contributed by atoms with Crippen molar-refractivity contribution in [2.75, 3.05) is 31.8 Å². The fourth-order valence-electron chi connectivity index (χ4n) is 2.77. The van der Waals surface area contributed by atoms with Crippen molar-refractivity contribution in [1.82, 2.24) is 4.31 Å². The van der Waals surface area contributed by atoms with Gasteiger partial charge in [-0.25, -0.2) is 13.2 Å². The summed E-state index contributed by atoms with van der Waals surface area (Å²) in [6.45, 7) is 0.464. The van der Waals surface area contributed by atoms with Crippen LogP contribution in [0.4, 0.5) is 24.5 Å². The summed E-state index contributed by atoms with van der Waals surface area (Å²) >= 11 is 0. The third-order valence-corrected chi connectivity index (χ3v) is 6.31. The molecule has 2 rings (SSSR count). The van der Waals surface area contributed by atoms with Gasteiger partial charge < -0.3 is 15.8 Å². The fourth-order valence-corrected chi connectivity index (χ4v) is 4.31. The minimum atomic E-state index is -4.90. The number of methoxy groups -OCH3 is 1. The Balaban J connectivity index is 2.25. The van der Waals surface area contributed by atoms with Crippen LogP contribution in [0.3, 0.4) is 0 Å². The predicted octanol–water partition coefficient (Wildman–Crippen LogP) is 2.64. The van der Waals surface area contributed by atoms with Crippen LogP contribution in [0, 0.1) is 6.92 Å². The van der Waals surface area contributed by atoms with Crippen LogP contribution in [0.2, 0.25) is 0 Å². The predicted molar refractivity (Wildman–Crippen MR) is 107 cm³/mol. The number of nitrogen functional groups attached to an aromatic ring is 1. The van der Waals surface area contributed by atoms with Gasteiger partial charge in [-0.1, -0.05) is 12.1 Å². The Bertz CT molecular complexity index is 1120. The Morgan fingerprint density at radius 1 is 1.19 bits per heavy atom. The molecule has 8 nitrogen and oxygen atoms in total. The first-order valence-corrected chi connectivity index (χ1v) is 10.1. The number of esters is 1. The molecule has 3 N–H and O–H groups in total. The standard InChI is InChI=1S/C19H20F3N3O5S/c1-11-5-4-6-13(19(20,21)22)17(11)31(28,29)25(2)10-16(26)24-15-8-7-12(9-14(15)23)18(27)30-3/h4-9H,10,23H2,1-3H3,(H,24,26). The van der Waals surface area contributed by atoms with Crippen molar-refractivity contribution in [1.29, 1.82) is 0 Å². The molecule has 0 aliphatic rings. The summed E-state index contributed by atoms with van der Waals surface area (Å²) < 4.78 is 70.6. The maximum atomic E-state index is 13.3. The average Bonchev–Trinajstić information content (AvgIpc) is 2.67. The number of anilines is 2. The number of halogens is 3. The molecule has 0 fully saturated rings. The van der Waals surface area contributed by atoms with Gasteiger partial charge >= 0.3 is 12.1 Å². The number of amides is 1. The molecule has 0 unspecified atom stereocenters. The summed E-state index contributed by atoms with van der Waals surface area (Å²) in [5, 5.41) is 2.36. The smallest absolute Gasteiger partial charge is 0.417 e. The first kappa shape index (κ1) is 24.2. The first-order chi connectivity index (χ1) is 14.3. The molecule has 0 aliphatic heterocycles. The van der Waals surface area contributed by atoms with Crippen molar-refractivity contribution in [3.05, 3.63) is 53.1 Å². The van der Waals surface area contributed by atoms with E-state index in [9.17, 15) is 31.2 Å². The number of nitrogens with one attached hydrogen (secondary N) is 1. The van der Waals surface area contributed by atoms with E-state index in [1.54, 1.807) is 0 Å². The van der Waals surface area contributed by atoms with E-state index in [4.69, 9.17) is 5.73 Å². The molecule has 0 saturated heterocycles. The maximum Gasteiger partial charge on any atom is 0.417 e. The number of carbonyl (C=O) groups is 2. The van der Waals surface area contributed by atoms with Crippen LogP contribution in [0.1, 0.15) is 21.5 Å². The number of nitrogens with zero attached hydrogens (tertiary/aromatic N) is 1. The molecular formula is C19H20F3N3O5S. The number of carbonyl (C=O) groups excluding carboxylic acids is 2. The number of aryl methyl sites for hydroxylation is 1. The normalized spacial score (nSPS) is 12.0. The zero-order chi connectivity index (χ0) is 23.6. The minimum absolute atomic E-state index is 0.0139. The molecule has 0 atom stereocenters. The van der Waals surface area contributed by atoms with E-state index < -0.39 is 45.1 Å². The monoisotopic (exact) mass is 459 g/mol. The summed E-state index contributed by atoms with van der Waals surface area (Å²) in [5.74, 6) is -1.49. The first-order valence-electron chi connectivity index (χ1n) is 8.70. The van der Waals surface area contributed by atoms with Crippen LogP contribution in [-0.4, -0.2) is 45.3 Å². The molecule has 0 saturated carbocycles. The van der Waals surface area contributed by atoms with Crippen LogP contribution >= 0.6 is 0 Å². The molecule has 1 amide bonds. The number of rotatable bonds is 6. The Morgan fingerprint density at radius 2 is 1.84 bits per heavy atom. The molecule has 0 bridgehead atoms. The van der Waals surface area contributed by atoms with E-state index in [1.165, 1.54) is 38.3 Å². The zero-order valence-corrected chi connectivity index (χ0v) is 17.6. The average molecular weight is 459 g/mol. The third-order valence-electron chi connectivity index (χ3n) is 4.30. The minimum Gasteiger partial charge on any atom is -0.465 e. The van der Waals surface area contributed by atoms with Gasteiger partial charge in [-0.05, 0) is 36.8 Å². The van der Waals surface area contributed by atoms with Crippen LogP contribution < -0.4 is 11.1 Å². The molecular weight excluding hydrogens is 439 g/mol. The number of ether oxygens (including phenoxy) is 1. The summed E-state index contributed by atoms with van der Waals surface area (Å²) in [6, 6.07) is 6.91. The summed E-state index contributed by atoms with van der Waals surface area (Å²) in [4.78, 5) is 22.9. The molecule has 31 heavy (non-hydrogen) atoms. The van der Waals surface area contributed by atoms with Crippen molar-refractivity contribution in [2.24, 2.45) is 0 Å². The lowest BCUT2D eigenvalue weighted by atomic mass is 10.1. The molecule has 0 radical (unpaired) electrons. The van der Waals surface area contributed by atoms with Gasteiger partial charge in [0.25, 0.3) is 0 Å². The molecule has 12 heteroatoms. The van der Waals surface area contributed by atoms with Crippen molar-refractivity contribution >= 4 is 33.3 Å². The molecule has 2 aromatic carbocycles. The van der Waals surface area contributed by atoms with E-state index in [2.05, 4.69) is 10.1 Å². The van der Waals surface area contributed by atoms with E-state index in [1.807, 2.05) is 0 Å². The molecule has 0 spiro atoms. The number of hydrogen-bond acceptors (Lipinski definition) is 6. The second-order valence-corrected chi connectivity index (χ2v) is 8.53. The van der Waals surface area contributed by atoms with Crippen molar-refractivity contribution in [2.45, 2.75) is 18.0 Å². The van der Waals surface area contributed by atoms with Crippen molar-refractivity contribution in [3.8, 4) is 0 Å². The Kier molecular flexibility index (Phi) is 6.96. The highest BCUT2D eigenvalue weighted by Gasteiger charge is 2.39. The quantitative estimate of drug-likeness (QED) is 0.506. The summed E-state index contributed by atoms with van der Waals surface area (Å²) in [7, 11) is -2.47. The number of hydrogen-bond donors (Lipinski definition) is 2.